The van der Waals surface area contributed by atoms with Crippen molar-refractivity contribution in [3.8, 4) is 12.3 Å². The average Bonchev–Trinajstić information content (AvgIpc) is 3.04. The van der Waals surface area contributed by atoms with Crippen molar-refractivity contribution >= 4 is 21.7 Å². The summed E-state index contributed by atoms with van der Waals surface area (Å²) in [6.45, 7) is 2.28. The lowest BCUT2D eigenvalue weighted by Gasteiger charge is -2.29. The number of hydrogen-bond acceptors (Lipinski definition) is 6. The number of nitrogens with one attached hydrogen (secondary N) is 1. The third-order valence-electron chi connectivity index (χ3n) is 5.73. The zero-order valence-electron chi connectivity index (χ0n) is 17.1. The van der Waals surface area contributed by atoms with E-state index in [0.717, 1.165) is 24.7 Å². The van der Waals surface area contributed by atoms with Crippen LogP contribution in [0.2, 0.25) is 0 Å². The zero-order chi connectivity index (χ0) is 21.9. The van der Waals surface area contributed by atoms with Gasteiger partial charge in [-0.15, -0.1) is 6.42 Å². The highest BCUT2D eigenvalue weighted by Crippen LogP contribution is 2.27. The lowest BCUT2D eigenvalue weighted by Crippen LogP contribution is -2.52. The first-order valence-electron chi connectivity index (χ1n) is 9.82. The highest BCUT2D eigenvalue weighted by Gasteiger charge is 2.45. The number of ether oxygens (including phenoxy) is 1. The Balaban J connectivity index is 1.67. The van der Waals surface area contributed by atoms with E-state index in [1.165, 1.54) is 11.8 Å². The van der Waals surface area contributed by atoms with Crippen LogP contribution in [0.15, 0.2) is 18.2 Å². The quantitative estimate of drug-likeness (QED) is 0.514. The van der Waals surface area contributed by atoms with Gasteiger partial charge in [-0.05, 0) is 49.9 Å². The number of amides is 2. The molecule has 2 aliphatic rings. The van der Waals surface area contributed by atoms with Gasteiger partial charge in [0.2, 0.25) is 0 Å². The summed E-state index contributed by atoms with van der Waals surface area (Å²) >= 11 is 0. The summed E-state index contributed by atoms with van der Waals surface area (Å²) in [5.74, 6) is 1.54. The van der Waals surface area contributed by atoms with Crippen molar-refractivity contribution in [1.29, 1.82) is 0 Å². The molecule has 0 radical (unpaired) electrons. The fourth-order valence-corrected chi connectivity index (χ4v) is 4.34. The molecule has 0 saturated carbocycles. The van der Waals surface area contributed by atoms with Crippen molar-refractivity contribution in [1.82, 2.24) is 10.4 Å². The number of carbonyl (C=O) groups is 2. The number of benzene rings is 1. The molecule has 30 heavy (non-hydrogen) atoms. The molecule has 2 aliphatic heterocycles. The summed E-state index contributed by atoms with van der Waals surface area (Å²) in [5.41, 5.74) is 4.25. The van der Waals surface area contributed by atoms with Gasteiger partial charge in [-0.2, -0.15) is 0 Å². The van der Waals surface area contributed by atoms with Crippen molar-refractivity contribution < 1.29 is 27.6 Å². The van der Waals surface area contributed by atoms with Gasteiger partial charge in [-0.3, -0.25) is 9.59 Å². The molecule has 0 spiro atoms. The van der Waals surface area contributed by atoms with Crippen molar-refractivity contribution in [2.75, 3.05) is 19.4 Å². The minimum atomic E-state index is -3.80. The Morgan fingerprint density at radius 3 is 2.83 bits per heavy atom. The summed E-state index contributed by atoms with van der Waals surface area (Å²) in [6, 6.07) is 5.14. The Morgan fingerprint density at radius 1 is 1.43 bits per heavy atom. The van der Waals surface area contributed by atoms with Gasteiger partial charge in [0.25, 0.3) is 11.8 Å². The van der Waals surface area contributed by atoms with Crippen LogP contribution in [0.25, 0.3) is 0 Å². The van der Waals surface area contributed by atoms with Crippen LogP contribution in [-0.4, -0.2) is 55.6 Å². The van der Waals surface area contributed by atoms with Crippen LogP contribution in [-0.2, 0) is 30.8 Å². The van der Waals surface area contributed by atoms with Crippen LogP contribution >= 0.6 is 0 Å². The third kappa shape index (κ3) is 4.51. The smallest absolute Gasteiger partial charge is 0.264 e. The van der Waals surface area contributed by atoms with Gasteiger partial charge in [0.1, 0.15) is 0 Å². The van der Waals surface area contributed by atoms with E-state index in [1.807, 2.05) is 0 Å². The van der Waals surface area contributed by atoms with E-state index in [0.29, 0.717) is 30.7 Å². The van der Waals surface area contributed by atoms with Crippen molar-refractivity contribution in [3.05, 3.63) is 34.9 Å². The van der Waals surface area contributed by atoms with Gasteiger partial charge in [-0.1, -0.05) is 5.92 Å². The van der Waals surface area contributed by atoms with E-state index < -0.39 is 26.8 Å². The molecule has 0 aromatic heterocycles. The Labute approximate surface area is 176 Å². The van der Waals surface area contributed by atoms with E-state index in [9.17, 15) is 18.0 Å². The zero-order valence-corrected chi connectivity index (χ0v) is 18.0. The third-order valence-corrected chi connectivity index (χ3v) is 7.76. The van der Waals surface area contributed by atoms with Crippen LogP contribution in [0.4, 0.5) is 0 Å². The predicted octanol–water partition coefficient (Wildman–Crippen LogP) is 1.39. The second-order valence-electron chi connectivity index (χ2n) is 7.84. The second kappa shape index (κ2) is 8.76. The first kappa shape index (κ1) is 22.3. The molecule has 0 aliphatic carbocycles. The van der Waals surface area contributed by atoms with Crippen molar-refractivity contribution in [3.63, 3.8) is 0 Å². The molecule has 2 heterocycles. The predicted molar refractivity (Wildman–Crippen MR) is 110 cm³/mol. The molecule has 1 aromatic carbocycles. The van der Waals surface area contributed by atoms with Gasteiger partial charge in [0.05, 0.1) is 0 Å². The lowest BCUT2D eigenvalue weighted by atomic mass is 10.1. The standard InChI is InChI=1S/C21H26N2O6S/c1-4-15-8-9-17-16(13-15)14-23(19(17)24)11-10-21(2,30(3,26)27)20(25)22-29-18-7-5-6-12-28-18/h1,8-9,13,18H,5-7,10-12,14H2,2-3H3,(H,22,25)/t18?,21-/m1/s1. The van der Waals surface area contributed by atoms with Crippen LogP contribution < -0.4 is 5.48 Å². The molecule has 1 unspecified atom stereocenters. The summed E-state index contributed by atoms with van der Waals surface area (Å²) in [6.07, 6.45) is 8.20. The summed E-state index contributed by atoms with van der Waals surface area (Å²) in [5, 5.41) is 0. The van der Waals surface area contributed by atoms with Crippen LogP contribution in [0.1, 0.15) is 54.1 Å². The Hall–Kier alpha value is -2.41. The largest absolute Gasteiger partial charge is 0.350 e. The second-order valence-corrected chi connectivity index (χ2v) is 10.3. The van der Waals surface area contributed by atoms with Gasteiger partial charge in [0.15, 0.2) is 20.9 Å². The highest BCUT2D eigenvalue weighted by molar-refractivity contribution is 7.92. The molecule has 1 aromatic rings. The van der Waals surface area contributed by atoms with Crippen LogP contribution in [0.5, 0.6) is 0 Å². The van der Waals surface area contributed by atoms with Gasteiger partial charge in [0, 0.05) is 43.5 Å². The summed E-state index contributed by atoms with van der Waals surface area (Å²) in [4.78, 5) is 32.2. The molecule has 1 N–H and O–H groups in total. The fraction of sp³-hybridized carbons (Fsp3) is 0.524. The molecule has 3 rings (SSSR count). The van der Waals surface area contributed by atoms with Crippen molar-refractivity contribution in [2.24, 2.45) is 0 Å². The molecule has 0 bridgehead atoms. The molecular formula is C21H26N2O6S. The van der Waals surface area contributed by atoms with E-state index in [4.69, 9.17) is 16.0 Å². The monoisotopic (exact) mass is 434 g/mol. The molecular weight excluding hydrogens is 408 g/mol. The van der Waals surface area contributed by atoms with E-state index in [-0.39, 0.29) is 18.9 Å². The number of hydroxylamine groups is 1. The van der Waals surface area contributed by atoms with E-state index in [2.05, 4.69) is 11.4 Å². The Bertz CT molecular complexity index is 978. The van der Waals surface area contributed by atoms with Crippen molar-refractivity contribution in [2.45, 2.75) is 50.2 Å². The number of terminal acetylenes is 1. The van der Waals surface area contributed by atoms with Crippen LogP contribution in [0.3, 0.4) is 0 Å². The van der Waals surface area contributed by atoms with Crippen LogP contribution in [0, 0.1) is 12.3 Å². The number of rotatable bonds is 7. The lowest BCUT2D eigenvalue weighted by molar-refractivity contribution is -0.201. The number of fused-ring (bicyclic) bond motifs is 1. The first-order chi connectivity index (χ1) is 14.2. The molecule has 8 nitrogen and oxygen atoms in total. The van der Waals surface area contributed by atoms with Gasteiger partial charge in [-0.25, -0.2) is 18.7 Å². The maximum atomic E-state index is 12.7. The highest BCUT2D eigenvalue weighted by atomic mass is 32.2. The number of nitrogens with zero attached hydrogens (tertiary/aromatic N) is 1. The minimum Gasteiger partial charge on any atom is -0.350 e. The normalized spacial score (nSPS) is 20.9. The molecule has 1 fully saturated rings. The fourth-order valence-electron chi connectivity index (χ4n) is 3.50. The summed E-state index contributed by atoms with van der Waals surface area (Å²) in [7, 11) is -3.80. The maximum absolute atomic E-state index is 12.7. The van der Waals surface area contributed by atoms with Gasteiger partial charge < -0.3 is 9.64 Å². The SMILES string of the molecule is C#Cc1ccc2c(c1)CN(CC[C@](C)(C(=O)NOC1CCCCO1)S(C)(=O)=O)C2=O. The first-order valence-corrected chi connectivity index (χ1v) is 11.7. The van der Waals surface area contributed by atoms with Gasteiger partial charge >= 0.3 is 0 Å². The number of hydrogen-bond donors (Lipinski definition) is 1. The molecule has 9 heteroatoms. The average molecular weight is 435 g/mol. The Kier molecular flexibility index (Phi) is 6.50. The molecule has 1 saturated heterocycles. The van der Waals surface area contributed by atoms with E-state index in [1.54, 1.807) is 18.2 Å². The molecule has 2 amide bonds. The van der Waals surface area contributed by atoms with E-state index >= 15 is 0 Å². The number of carbonyl (C=O) groups excluding carboxylic acids is 2. The summed E-state index contributed by atoms with van der Waals surface area (Å²) < 4.78 is 28.5. The minimum absolute atomic E-state index is 0.0751. The number of sulfone groups is 1. The topological polar surface area (TPSA) is 102 Å². The molecule has 162 valence electrons. The Morgan fingerprint density at radius 2 is 2.20 bits per heavy atom. The maximum Gasteiger partial charge on any atom is 0.264 e. The molecule has 2 atom stereocenters.